The maximum Gasteiger partial charge on any atom is 0.332 e. The maximum atomic E-state index is 12.7. The Bertz CT molecular complexity index is 1210. The molecule has 3 aromatic rings. The second kappa shape index (κ2) is 7.73. The molecule has 0 saturated carbocycles. The van der Waals surface area contributed by atoms with Gasteiger partial charge in [0.1, 0.15) is 5.75 Å². The van der Waals surface area contributed by atoms with Gasteiger partial charge in [-0.25, -0.2) is 10.2 Å². The van der Waals surface area contributed by atoms with Gasteiger partial charge in [0, 0.05) is 31.2 Å². The fourth-order valence-corrected chi connectivity index (χ4v) is 2.75. The fourth-order valence-electron chi connectivity index (χ4n) is 2.68. The zero-order valence-electron chi connectivity index (χ0n) is 15.5. The molecule has 0 unspecified atom stereocenters. The molecule has 9 nitrogen and oxygen atoms in total. The summed E-state index contributed by atoms with van der Waals surface area (Å²) in [4.78, 5) is 29.2. The summed E-state index contributed by atoms with van der Waals surface area (Å²) in [5.41, 5.74) is 2.82. The van der Waals surface area contributed by atoms with Crippen LogP contribution in [0.4, 0.5) is 5.95 Å². The van der Waals surface area contributed by atoms with Crippen LogP contribution in [-0.4, -0.2) is 30.0 Å². The van der Waals surface area contributed by atoms with E-state index >= 15 is 0 Å². The van der Waals surface area contributed by atoms with Crippen molar-refractivity contribution in [1.29, 1.82) is 0 Å². The summed E-state index contributed by atoms with van der Waals surface area (Å²) in [7, 11) is 2.95. The SMILES string of the molecule is C/C(Cl)=C/Cn1c(N/N=C\c2ccccc2O)nc2c1c(=O)n(C)c(=O)n2C. The van der Waals surface area contributed by atoms with Crippen molar-refractivity contribution in [1.82, 2.24) is 18.7 Å². The molecule has 0 fully saturated rings. The number of phenolic OH excluding ortho intramolecular Hbond substituents is 1. The Balaban J connectivity index is 2.12. The number of para-hydroxylation sites is 1. The Hall–Kier alpha value is -3.33. The predicted octanol–water partition coefficient (Wildman–Crippen LogP) is 1.73. The monoisotopic (exact) mass is 402 g/mol. The van der Waals surface area contributed by atoms with Crippen LogP contribution in [-0.2, 0) is 20.6 Å². The van der Waals surface area contributed by atoms with Gasteiger partial charge in [0.15, 0.2) is 11.2 Å². The number of aromatic hydroxyl groups is 1. The van der Waals surface area contributed by atoms with Gasteiger partial charge < -0.3 is 5.11 Å². The van der Waals surface area contributed by atoms with Crippen molar-refractivity contribution in [2.75, 3.05) is 5.43 Å². The van der Waals surface area contributed by atoms with Crippen molar-refractivity contribution < 1.29 is 5.11 Å². The highest BCUT2D eigenvalue weighted by molar-refractivity contribution is 6.29. The molecule has 0 saturated heterocycles. The molecule has 1 aromatic carbocycles. The summed E-state index contributed by atoms with van der Waals surface area (Å²) in [6, 6.07) is 6.72. The lowest BCUT2D eigenvalue weighted by Crippen LogP contribution is -2.37. The van der Waals surface area contributed by atoms with Gasteiger partial charge in [-0.15, -0.1) is 0 Å². The molecule has 146 valence electrons. The molecular weight excluding hydrogens is 384 g/mol. The molecule has 0 spiro atoms. The smallest absolute Gasteiger partial charge is 0.332 e. The number of rotatable bonds is 5. The number of imidazole rings is 1. The van der Waals surface area contributed by atoms with E-state index in [0.717, 1.165) is 4.57 Å². The molecule has 2 aromatic heterocycles. The lowest BCUT2D eigenvalue weighted by atomic mass is 10.2. The first-order valence-corrected chi connectivity index (χ1v) is 8.74. The normalized spacial score (nSPS) is 12.2. The van der Waals surface area contributed by atoms with E-state index in [0.29, 0.717) is 10.6 Å². The molecule has 0 bridgehead atoms. The quantitative estimate of drug-likeness (QED) is 0.499. The van der Waals surface area contributed by atoms with Gasteiger partial charge in [-0.3, -0.25) is 18.5 Å². The predicted molar refractivity (Wildman–Crippen MR) is 109 cm³/mol. The van der Waals surface area contributed by atoms with Crippen LogP contribution in [0, 0.1) is 0 Å². The molecule has 28 heavy (non-hydrogen) atoms. The number of phenols is 1. The van der Waals surface area contributed by atoms with E-state index in [9.17, 15) is 14.7 Å². The number of halogens is 1. The topological polar surface area (TPSA) is 106 Å². The maximum absolute atomic E-state index is 12.7. The van der Waals surface area contributed by atoms with Gasteiger partial charge in [0.2, 0.25) is 5.95 Å². The van der Waals surface area contributed by atoms with E-state index in [4.69, 9.17) is 11.6 Å². The van der Waals surface area contributed by atoms with Crippen LogP contribution >= 0.6 is 11.6 Å². The average Bonchev–Trinajstić information content (AvgIpc) is 3.03. The minimum Gasteiger partial charge on any atom is -0.507 e. The van der Waals surface area contributed by atoms with E-state index in [-0.39, 0.29) is 29.4 Å². The third-order valence-electron chi connectivity index (χ3n) is 4.21. The molecule has 0 aliphatic rings. The first kappa shape index (κ1) is 19.4. The minimum atomic E-state index is -0.476. The van der Waals surface area contributed by atoms with Gasteiger partial charge in [0.05, 0.1) is 6.21 Å². The molecule has 0 radical (unpaired) electrons. The molecule has 2 N–H and O–H groups in total. The zero-order chi connectivity index (χ0) is 20.4. The molecule has 2 heterocycles. The number of anilines is 1. The van der Waals surface area contributed by atoms with Crippen LogP contribution in [0.2, 0.25) is 0 Å². The minimum absolute atomic E-state index is 0.0820. The lowest BCUT2D eigenvalue weighted by molar-refractivity contribution is 0.474. The molecule has 0 aliphatic carbocycles. The number of benzene rings is 1. The van der Waals surface area contributed by atoms with Crippen molar-refractivity contribution >= 4 is 34.9 Å². The molecule has 0 aliphatic heterocycles. The Morgan fingerprint density at radius 2 is 2.00 bits per heavy atom. The number of aryl methyl sites for hydroxylation is 1. The van der Waals surface area contributed by atoms with E-state index < -0.39 is 11.2 Å². The number of nitrogens with zero attached hydrogens (tertiary/aromatic N) is 5. The van der Waals surface area contributed by atoms with E-state index in [1.807, 2.05) is 0 Å². The molecule has 0 atom stereocenters. The van der Waals surface area contributed by atoms with Gasteiger partial charge in [-0.05, 0) is 19.1 Å². The summed E-state index contributed by atoms with van der Waals surface area (Å²) in [5.74, 6) is 0.340. The highest BCUT2D eigenvalue weighted by Crippen LogP contribution is 2.17. The standard InChI is InChI=1S/C18H19ClN6O3/c1-11(19)8-9-25-14-15(23(2)18(28)24(3)16(14)27)21-17(25)22-20-10-12-6-4-5-7-13(12)26/h4-8,10,26H,9H2,1-3H3,(H,21,22)/b11-8-,20-10-. The van der Waals surface area contributed by atoms with Gasteiger partial charge in [-0.1, -0.05) is 29.8 Å². The van der Waals surface area contributed by atoms with E-state index in [2.05, 4.69) is 15.5 Å². The Morgan fingerprint density at radius 1 is 1.29 bits per heavy atom. The Labute approximate surface area is 164 Å². The Morgan fingerprint density at radius 3 is 2.68 bits per heavy atom. The summed E-state index contributed by atoms with van der Waals surface area (Å²) in [6.45, 7) is 1.98. The van der Waals surface area contributed by atoms with Gasteiger partial charge >= 0.3 is 5.69 Å². The third kappa shape index (κ3) is 3.56. The molecule has 10 heteroatoms. The number of fused-ring (bicyclic) bond motifs is 1. The average molecular weight is 403 g/mol. The molecule has 3 rings (SSSR count). The van der Waals surface area contributed by atoms with Crippen LogP contribution in [0.3, 0.4) is 0 Å². The Kier molecular flexibility index (Phi) is 5.36. The van der Waals surface area contributed by atoms with Crippen molar-refractivity contribution in [3.05, 3.63) is 61.8 Å². The van der Waals surface area contributed by atoms with E-state index in [1.165, 1.54) is 17.8 Å². The number of hydrazone groups is 1. The summed E-state index contributed by atoms with van der Waals surface area (Å²) >= 11 is 5.94. The largest absolute Gasteiger partial charge is 0.507 e. The van der Waals surface area contributed by atoms with Crippen molar-refractivity contribution in [2.24, 2.45) is 19.2 Å². The van der Waals surface area contributed by atoms with Crippen LogP contribution < -0.4 is 16.7 Å². The summed E-state index contributed by atoms with van der Waals surface area (Å²) in [5, 5.41) is 14.5. The van der Waals surface area contributed by atoms with Gasteiger partial charge in [-0.2, -0.15) is 10.1 Å². The van der Waals surface area contributed by atoms with E-state index in [1.54, 1.807) is 48.9 Å². The molecule has 0 amide bonds. The molecular formula is C18H19ClN6O3. The van der Waals surface area contributed by atoms with Crippen LogP contribution in [0.1, 0.15) is 12.5 Å². The second-order valence-corrected chi connectivity index (χ2v) is 6.74. The number of hydrogen-bond donors (Lipinski definition) is 2. The number of hydrogen-bond acceptors (Lipinski definition) is 6. The van der Waals surface area contributed by atoms with Gasteiger partial charge in [0.25, 0.3) is 5.56 Å². The van der Waals surface area contributed by atoms with Crippen LogP contribution in [0.5, 0.6) is 5.75 Å². The fraction of sp³-hybridized carbons (Fsp3) is 0.222. The summed E-state index contributed by atoms with van der Waals surface area (Å²) < 4.78 is 3.90. The highest BCUT2D eigenvalue weighted by atomic mass is 35.5. The van der Waals surface area contributed by atoms with Crippen molar-refractivity contribution in [2.45, 2.75) is 13.5 Å². The third-order valence-corrected chi connectivity index (χ3v) is 4.36. The number of nitrogens with one attached hydrogen (secondary N) is 1. The second-order valence-electron chi connectivity index (χ2n) is 6.14. The van der Waals surface area contributed by atoms with Crippen molar-refractivity contribution in [3.63, 3.8) is 0 Å². The summed E-state index contributed by atoms with van der Waals surface area (Å²) in [6.07, 6.45) is 3.14. The van der Waals surface area contributed by atoms with Crippen LogP contribution in [0.15, 0.2) is 50.1 Å². The zero-order valence-corrected chi connectivity index (χ0v) is 16.3. The van der Waals surface area contributed by atoms with Crippen molar-refractivity contribution in [3.8, 4) is 5.75 Å². The number of aromatic nitrogens is 4. The highest BCUT2D eigenvalue weighted by Gasteiger charge is 2.18. The number of allylic oxidation sites excluding steroid dienone is 2. The van der Waals surface area contributed by atoms with Crippen LogP contribution in [0.25, 0.3) is 11.2 Å². The first-order chi connectivity index (χ1) is 13.3. The lowest BCUT2D eigenvalue weighted by Gasteiger charge is -2.07. The first-order valence-electron chi connectivity index (χ1n) is 8.37.